The highest BCUT2D eigenvalue weighted by molar-refractivity contribution is 6.31. The van der Waals surface area contributed by atoms with Crippen LogP contribution in [0.3, 0.4) is 0 Å². The molecule has 1 fully saturated rings. The summed E-state index contributed by atoms with van der Waals surface area (Å²) in [7, 11) is 0. The van der Waals surface area contributed by atoms with Gasteiger partial charge in [-0.05, 0) is 72.9 Å². The molecule has 2 heterocycles. The van der Waals surface area contributed by atoms with Crippen molar-refractivity contribution in [1.82, 2.24) is 25.7 Å². The summed E-state index contributed by atoms with van der Waals surface area (Å²) in [6, 6.07) is 15.2. The lowest BCUT2D eigenvalue weighted by atomic mass is 10.1. The summed E-state index contributed by atoms with van der Waals surface area (Å²) >= 11 is 5.73. The van der Waals surface area contributed by atoms with Gasteiger partial charge in [0.2, 0.25) is 0 Å². The van der Waals surface area contributed by atoms with Crippen molar-refractivity contribution < 1.29 is 61.9 Å². The number of amides is 3. The quantitative estimate of drug-likeness (QED) is 0.0355. The SMILES string of the molecule is O=C(Nc1ccc(N2CCCCC2)cc1C(=O)N/N=C/c1ccc(Cl)c(C(F)(F)F)c1)c1cccc(Cn2cc(CCOCCOCCOCCNC(=O)C(O)[C@H](O)C(=O)O)nn2)c1. The highest BCUT2D eigenvalue weighted by atomic mass is 35.5. The number of benzene rings is 3. The molecule has 1 unspecified atom stereocenters. The molecule has 5 rings (SSSR count). The van der Waals surface area contributed by atoms with Crippen molar-refractivity contribution in [2.24, 2.45) is 5.10 Å². The number of anilines is 2. The highest BCUT2D eigenvalue weighted by Crippen LogP contribution is 2.35. The third-order valence-electron chi connectivity index (χ3n) is 9.63. The first-order chi connectivity index (χ1) is 30.7. The number of hydrogen-bond donors (Lipinski definition) is 6. The summed E-state index contributed by atoms with van der Waals surface area (Å²) in [5.41, 5.74) is 4.24. The van der Waals surface area contributed by atoms with Crippen molar-refractivity contribution in [3.05, 3.63) is 105 Å². The number of hydrogen-bond acceptors (Lipinski definition) is 13. The lowest BCUT2D eigenvalue weighted by Gasteiger charge is -2.29. The molecule has 1 aliphatic heterocycles. The van der Waals surface area contributed by atoms with Crippen LogP contribution in [0, 0.1) is 0 Å². The van der Waals surface area contributed by atoms with Crippen LogP contribution in [0.25, 0.3) is 0 Å². The second-order valence-corrected chi connectivity index (χ2v) is 14.8. The molecule has 2 atom stereocenters. The van der Waals surface area contributed by atoms with E-state index in [1.54, 1.807) is 41.2 Å². The third-order valence-corrected chi connectivity index (χ3v) is 9.96. The number of carbonyl (C=O) groups excluding carboxylic acids is 3. The van der Waals surface area contributed by atoms with Crippen molar-refractivity contribution in [2.45, 2.75) is 50.6 Å². The van der Waals surface area contributed by atoms with Crippen molar-refractivity contribution in [3.63, 3.8) is 0 Å². The largest absolute Gasteiger partial charge is 0.479 e. The van der Waals surface area contributed by atoms with Gasteiger partial charge in [-0.25, -0.2) is 14.9 Å². The first-order valence-corrected chi connectivity index (χ1v) is 20.6. The van der Waals surface area contributed by atoms with Gasteiger partial charge in [0, 0.05) is 43.5 Å². The van der Waals surface area contributed by atoms with Crippen LogP contribution in [-0.4, -0.2) is 132 Å². The van der Waals surface area contributed by atoms with E-state index in [1.165, 1.54) is 6.07 Å². The molecule has 0 bridgehead atoms. The molecule has 3 aromatic carbocycles. The van der Waals surface area contributed by atoms with Gasteiger partial charge in [-0.2, -0.15) is 18.3 Å². The Morgan fingerprint density at radius 2 is 1.59 bits per heavy atom. The van der Waals surface area contributed by atoms with Crippen LogP contribution in [0.1, 0.15) is 62.4 Å². The molecule has 1 aliphatic rings. The summed E-state index contributed by atoms with van der Waals surface area (Å²) < 4.78 is 58.0. The number of carboxylic acids is 1. The van der Waals surface area contributed by atoms with Gasteiger partial charge in [0.25, 0.3) is 17.7 Å². The summed E-state index contributed by atoms with van der Waals surface area (Å²) in [5.74, 6) is -3.92. The van der Waals surface area contributed by atoms with E-state index in [9.17, 15) is 42.6 Å². The predicted molar refractivity (Wildman–Crippen MR) is 226 cm³/mol. The van der Waals surface area contributed by atoms with E-state index in [4.69, 9.17) is 30.9 Å². The Balaban J connectivity index is 1.07. The van der Waals surface area contributed by atoms with Gasteiger partial charge in [-0.1, -0.05) is 35.0 Å². The van der Waals surface area contributed by atoms with Gasteiger partial charge in [0.05, 0.1) is 79.9 Å². The summed E-state index contributed by atoms with van der Waals surface area (Å²) in [5, 5.41) is 44.1. The molecule has 0 spiro atoms. The van der Waals surface area contributed by atoms with E-state index in [0.29, 0.717) is 44.0 Å². The number of aliphatic hydroxyl groups excluding tert-OH is 2. The number of rotatable bonds is 23. The molecule has 22 heteroatoms. The number of nitrogens with zero attached hydrogens (tertiary/aromatic N) is 5. The van der Waals surface area contributed by atoms with Crippen molar-refractivity contribution >= 4 is 52.9 Å². The monoisotopic (exact) mass is 916 g/mol. The smallest absolute Gasteiger partial charge is 0.417 e. The maximum Gasteiger partial charge on any atom is 0.417 e. The summed E-state index contributed by atoms with van der Waals surface area (Å²) in [6.07, 6.45) is -2.60. The molecule has 344 valence electrons. The third kappa shape index (κ3) is 15.1. The fraction of sp³-hybridized carbons (Fsp3) is 0.405. The Morgan fingerprint density at radius 1 is 0.875 bits per heavy atom. The molecule has 18 nitrogen and oxygen atoms in total. The van der Waals surface area contributed by atoms with Crippen molar-refractivity contribution in [3.8, 4) is 0 Å². The summed E-state index contributed by atoms with van der Waals surface area (Å²) in [6.45, 7) is 3.40. The second kappa shape index (κ2) is 24.2. The number of alkyl halides is 3. The van der Waals surface area contributed by atoms with E-state index in [2.05, 4.69) is 36.4 Å². The van der Waals surface area contributed by atoms with E-state index in [1.807, 2.05) is 12.1 Å². The van der Waals surface area contributed by atoms with E-state index < -0.39 is 52.7 Å². The number of nitrogens with one attached hydrogen (secondary N) is 3. The number of aliphatic carboxylic acids is 1. The topological polar surface area (TPSA) is 239 Å². The standard InChI is InChI=1S/C42H48ClF3N8O10/c43-34-9-7-27(22-33(34)42(44,45)46)24-48-51-39(58)32-23-31(53-13-2-1-3-14-53)8-10-35(32)49-38(57)29-6-4-5-28(21-29)25-54-26-30(50-52-54)11-15-62-17-19-64-20-18-63-16-12-47-40(59)36(55)37(56)41(60)61/h4-10,21-24,26,36-37,55-56H,1-3,11-20,25H2,(H,47,59)(H,49,57)(H,51,58)(H,60,61)/b48-24+/t36?,37-/m0/s1. The minimum atomic E-state index is -4.67. The van der Waals surface area contributed by atoms with Gasteiger partial charge in [0.1, 0.15) is 0 Å². The molecule has 3 amide bonds. The molecule has 0 aliphatic carbocycles. The first-order valence-electron chi connectivity index (χ1n) is 20.2. The molecule has 0 radical (unpaired) electrons. The molecule has 0 saturated carbocycles. The van der Waals surface area contributed by atoms with Gasteiger partial charge < -0.3 is 45.1 Å². The number of ether oxygens (including phenoxy) is 3. The van der Waals surface area contributed by atoms with Crippen LogP contribution in [-0.2, 0) is 42.9 Å². The maximum absolute atomic E-state index is 13.6. The van der Waals surface area contributed by atoms with Crippen LogP contribution >= 0.6 is 11.6 Å². The molecular weight excluding hydrogens is 869 g/mol. The van der Waals surface area contributed by atoms with Crippen LogP contribution < -0.4 is 21.0 Å². The highest BCUT2D eigenvalue weighted by Gasteiger charge is 2.33. The number of piperidine rings is 1. The normalized spacial score (nSPS) is 14.0. The lowest BCUT2D eigenvalue weighted by Crippen LogP contribution is -2.46. The molecule has 1 aromatic heterocycles. The second-order valence-electron chi connectivity index (χ2n) is 14.4. The fourth-order valence-electron chi connectivity index (χ4n) is 6.31. The number of aliphatic hydroxyl groups is 2. The minimum absolute atomic E-state index is 0.00351. The molecule has 1 saturated heterocycles. The van der Waals surface area contributed by atoms with Crippen molar-refractivity contribution in [2.75, 3.05) is 69.5 Å². The predicted octanol–water partition coefficient (Wildman–Crippen LogP) is 3.52. The summed E-state index contributed by atoms with van der Waals surface area (Å²) in [4.78, 5) is 51.5. The Hall–Kier alpha value is -5.97. The zero-order valence-corrected chi connectivity index (χ0v) is 35.2. The van der Waals surface area contributed by atoms with Crippen LogP contribution in [0.5, 0.6) is 0 Å². The number of carboxylic acid groups (broad SMARTS) is 1. The van der Waals surface area contributed by atoms with E-state index in [0.717, 1.165) is 62.0 Å². The Bertz CT molecular complexity index is 2240. The average Bonchev–Trinajstić information content (AvgIpc) is 3.73. The fourth-order valence-corrected chi connectivity index (χ4v) is 6.54. The van der Waals surface area contributed by atoms with Gasteiger partial charge >= 0.3 is 12.1 Å². The number of aromatic nitrogens is 3. The first kappa shape index (κ1) is 49.1. The molecule has 4 aromatic rings. The number of carbonyl (C=O) groups is 4. The lowest BCUT2D eigenvalue weighted by molar-refractivity contribution is -0.158. The van der Waals surface area contributed by atoms with E-state index >= 15 is 0 Å². The average molecular weight is 917 g/mol. The van der Waals surface area contributed by atoms with E-state index in [-0.39, 0.29) is 43.2 Å². The Labute approximate surface area is 370 Å². The number of hydrazone groups is 1. The van der Waals surface area contributed by atoms with Gasteiger partial charge in [-0.3, -0.25) is 14.4 Å². The Kier molecular flexibility index (Phi) is 18.5. The molecule has 64 heavy (non-hydrogen) atoms. The van der Waals surface area contributed by atoms with Crippen LogP contribution in [0.15, 0.2) is 72.0 Å². The van der Waals surface area contributed by atoms with Crippen LogP contribution in [0.2, 0.25) is 5.02 Å². The zero-order chi connectivity index (χ0) is 46.1. The maximum atomic E-state index is 13.6. The Morgan fingerprint density at radius 3 is 2.31 bits per heavy atom. The van der Waals surface area contributed by atoms with Gasteiger partial charge in [-0.15, -0.1) is 5.10 Å². The van der Waals surface area contributed by atoms with Gasteiger partial charge in [0.15, 0.2) is 12.2 Å². The van der Waals surface area contributed by atoms with Crippen LogP contribution in [0.4, 0.5) is 24.5 Å². The molecule has 6 N–H and O–H groups in total. The number of halogens is 4. The molecular formula is C42H48ClF3N8O10. The minimum Gasteiger partial charge on any atom is -0.479 e. The zero-order valence-electron chi connectivity index (χ0n) is 34.4. The van der Waals surface area contributed by atoms with Crippen molar-refractivity contribution in [1.29, 1.82) is 0 Å².